The SMILES string of the molecule is CN=C(NCC1CC1)N1CCC(Cc2ccccc2)C1.I. The van der Waals surface area contributed by atoms with Crippen molar-refractivity contribution in [3.05, 3.63) is 35.9 Å². The molecule has 21 heavy (non-hydrogen) atoms. The summed E-state index contributed by atoms with van der Waals surface area (Å²) >= 11 is 0. The number of guanidine groups is 1. The van der Waals surface area contributed by atoms with Gasteiger partial charge in [0, 0.05) is 26.7 Å². The number of likely N-dealkylation sites (tertiary alicyclic amines) is 1. The van der Waals surface area contributed by atoms with Crippen LogP contribution in [0.1, 0.15) is 24.8 Å². The minimum Gasteiger partial charge on any atom is -0.356 e. The molecule has 3 nitrogen and oxygen atoms in total. The number of benzene rings is 1. The molecule has 0 aromatic heterocycles. The fraction of sp³-hybridized carbons (Fsp3) is 0.588. The second-order valence-electron chi connectivity index (χ2n) is 6.16. The van der Waals surface area contributed by atoms with Crippen molar-refractivity contribution < 1.29 is 0 Å². The van der Waals surface area contributed by atoms with E-state index in [-0.39, 0.29) is 24.0 Å². The van der Waals surface area contributed by atoms with E-state index in [9.17, 15) is 0 Å². The minimum absolute atomic E-state index is 0. The van der Waals surface area contributed by atoms with Crippen LogP contribution in [0.2, 0.25) is 0 Å². The number of aliphatic imine (C=N–C) groups is 1. The van der Waals surface area contributed by atoms with E-state index in [0.717, 1.165) is 37.4 Å². The van der Waals surface area contributed by atoms with E-state index >= 15 is 0 Å². The van der Waals surface area contributed by atoms with Gasteiger partial charge < -0.3 is 10.2 Å². The maximum absolute atomic E-state index is 4.44. The highest BCUT2D eigenvalue weighted by molar-refractivity contribution is 14.0. The third-order valence-corrected chi connectivity index (χ3v) is 4.41. The first kappa shape index (κ1) is 16.6. The van der Waals surface area contributed by atoms with E-state index in [1.807, 2.05) is 7.05 Å². The monoisotopic (exact) mass is 399 g/mol. The molecule has 1 saturated carbocycles. The molecule has 1 N–H and O–H groups in total. The average molecular weight is 399 g/mol. The lowest BCUT2D eigenvalue weighted by molar-refractivity contribution is 0.458. The summed E-state index contributed by atoms with van der Waals surface area (Å²) in [6, 6.07) is 10.8. The predicted octanol–water partition coefficient (Wildman–Crippen LogP) is 3.15. The highest BCUT2D eigenvalue weighted by Gasteiger charge is 2.26. The summed E-state index contributed by atoms with van der Waals surface area (Å²) in [5.74, 6) is 2.76. The Morgan fingerprint density at radius 1 is 1.19 bits per heavy atom. The Labute approximate surface area is 145 Å². The summed E-state index contributed by atoms with van der Waals surface area (Å²) < 4.78 is 0. The van der Waals surface area contributed by atoms with Crippen LogP contribution in [0, 0.1) is 11.8 Å². The molecule has 1 aromatic carbocycles. The van der Waals surface area contributed by atoms with Gasteiger partial charge in [-0.15, -0.1) is 24.0 Å². The molecule has 1 unspecified atom stereocenters. The van der Waals surface area contributed by atoms with Crippen LogP contribution in [0.4, 0.5) is 0 Å². The molecule has 1 aromatic rings. The summed E-state index contributed by atoms with van der Waals surface area (Å²) in [4.78, 5) is 6.87. The Morgan fingerprint density at radius 2 is 1.95 bits per heavy atom. The molecule has 0 radical (unpaired) electrons. The largest absolute Gasteiger partial charge is 0.356 e. The molecule has 1 aliphatic carbocycles. The maximum Gasteiger partial charge on any atom is 0.193 e. The van der Waals surface area contributed by atoms with E-state index in [1.165, 1.54) is 31.2 Å². The van der Waals surface area contributed by atoms with Crippen LogP contribution in [0.25, 0.3) is 0 Å². The third-order valence-electron chi connectivity index (χ3n) is 4.41. The van der Waals surface area contributed by atoms with Crippen molar-refractivity contribution in [2.45, 2.75) is 25.7 Å². The molecule has 1 aliphatic heterocycles. The second-order valence-corrected chi connectivity index (χ2v) is 6.16. The molecule has 0 amide bonds. The predicted molar refractivity (Wildman–Crippen MR) is 99.3 cm³/mol. The molecule has 1 atom stereocenters. The first-order valence-electron chi connectivity index (χ1n) is 7.84. The van der Waals surface area contributed by atoms with Gasteiger partial charge in [-0.1, -0.05) is 30.3 Å². The number of hydrogen-bond acceptors (Lipinski definition) is 1. The minimum atomic E-state index is 0. The van der Waals surface area contributed by atoms with Crippen molar-refractivity contribution in [3.63, 3.8) is 0 Å². The van der Waals surface area contributed by atoms with Gasteiger partial charge in [-0.05, 0) is 43.1 Å². The summed E-state index contributed by atoms with van der Waals surface area (Å²) in [7, 11) is 1.90. The molecule has 2 aliphatic rings. The van der Waals surface area contributed by atoms with Gasteiger partial charge in [0.25, 0.3) is 0 Å². The van der Waals surface area contributed by atoms with Crippen molar-refractivity contribution in [1.82, 2.24) is 10.2 Å². The molecule has 116 valence electrons. The van der Waals surface area contributed by atoms with Crippen LogP contribution < -0.4 is 5.32 Å². The van der Waals surface area contributed by atoms with Gasteiger partial charge in [0.15, 0.2) is 5.96 Å². The van der Waals surface area contributed by atoms with E-state index in [4.69, 9.17) is 0 Å². The third kappa shape index (κ3) is 4.87. The molecule has 3 rings (SSSR count). The van der Waals surface area contributed by atoms with E-state index < -0.39 is 0 Å². The number of rotatable bonds is 4. The molecule has 0 bridgehead atoms. The van der Waals surface area contributed by atoms with Crippen LogP contribution in [0.15, 0.2) is 35.3 Å². The summed E-state index contributed by atoms with van der Waals surface area (Å²) in [5.41, 5.74) is 1.46. The zero-order valence-corrected chi connectivity index (χ0v) is 15.1. The van der Waals surface area contributed by atoms with Crippen LogP contribution in [0.3, 0.4) is 0 Å². The molecule has 1 heterocycles. The molecule has 0 spiro atoms. The number of hydrogen-bond donors (Lipinski definition) is 1. The van der Waals surface area contributed by atoms with Crippen LogP contribution in [-0.2, 0) is 6.42 Å². The Bertz CT molecular complexity index is 456. The zero-order valence-electron chi connectivity index (χ0n) is 12.8. The first-order valence-corrected chi connectivity index (χ1v) is 7.84. The smallest absolute Gasteiger partial charge is 0.193 e. The fourth-order valence-corrected chi connectivity index (χ4v) is 3.03. The summed E-state index contributed by atoms with van der Waals surface area (Å²) in [5, 5.41) is 3.53. The van der Waals surface area contributed by atoms with E-state index in [2.05, 4.69) is 45.5 Å². The Balaban J connectivity index is 0.00000161. The van der Waals surface area contributed by atoms with Crippen LogP contribution in [-0.4, -0.2) is 37.5 Å². The van der Waals surface area contributed by atoms with Gasteiger partial charge >= 0.3 is 0 Å². The summed E-state index contributed by atoms with van der Waals surface area (Å²) in [6.07, 6.45) is 5.25. The van der Waals surface area contributed by atoms with E-state index in [0.29, 0.717) is 0 Å². The molecule has 1 saturated heterocycles. The fourth-order valence-electron chi connectivity index (χ4n) is 3.03. The van der Waals surface area contributed by atoms with Gasteiger partial charge in [-0.25, -0.2) is 0 Å². The molecular weight excluding hydrogens is 373 g/mol. The highest BCUT2D eigenvalue weighted by atomic mass is 127. The molecule has 2 fully saturated rings. The van der Waals surface area contributed by atoms with Gasteiger partial charge in [-0.2, -0.15) is 0 Å². The van der Waals surface area contributed by atoms with Gasteiger partial charge in [0.1, 0.15) is 0 Å². The Morgan fingerprint density at radius 3 is 2.62 bits per heavy atom. The highest BCUT2D eigenvalue weighted by Crippen LogP contribution is 2.28. The second kappa shape index (κ2) is 8.01. The zero-order chi connectivity index (χ0) is 13.8. The average Bonchev–Trinajstić information content (AvgIpc) is 3.20. The van der Waals surface area contributed by atoms with Crippen molar-refractivity contribution in [2.75, 3.05) is 26.7 Å². The summed E-state index contributed by atoms with van der Waals surface area (Å²) in [6.45, 7) is 3.38. The van der Waals surface area contributed by atoms with E-state index in [1.54, 1.807) is 0 Å². The lowest BCUT2D eigenvalue weighted by Gasteiger charge is -2.21. The molecule has 4 heteroatoms. The maximum atomic E-state index is 4.44. The van der Waals surface area contributed by atoms with Crippen LogP contribution in [0.5, 0.6) is 0 Å². The van der Waals surface area contributed by atoms with Crippen LogP contribution >= 0.6 is 24.0 Å². The normalized spacial score (nSPS) is 22.0. The lowest BCUT2D eigenvalue weighted by Crippen LogP contribution is -2.41. The standard InChI is InChI=1S/C17H25N3.HI/c1-18-17(19-12-15-7-8-15)20-10-9-16(13-20)11-14-5-3-2-4-6-14;/h2-6,15-16H,7-13H2,1H3,(H,18,19);1H. The van der Waals surface area contributed by atoms with Crippen molar-refractivity contribution >= 4 is 29.9 Å². The Kier molecular flexibility index (Phi) is 6.33. The number of nitrogens with zero attached hydrogens (tertiary/aromatic N) is 2. The van der Waals surface area contributed by atoms with Gasteiger partial charge in [0.2, 0.25) is 0 Å². The Hall–Kier alpha value is -0.780. The lowest BCUT2D eigenvalue weighted by atomic mass is 9.99. The van der Waals surface area contributed by atoms with Crippen molar-refractivity contribution in [2.24, 2.45) is 16.8 Å². The first-order chi connectivity index (χ1) is 9.85. The molecular formula is C17H26IN3. The number of nitrogens with one attached hydrogen (secondary N) is 1. The van der Waals surface area contributed by atoms with Gasteiger partial charge in [0.05, 0.1) is 0 Å². The van der Waals surface area contributed by atoms with Crippen molar-refractivity contribution in [3.8, 4) is 0 Å². The number of halogens is 1. The topological polar surface area (TPSA) is 27.6 Å². The quantitative estimate of drug-likeness (QED) is 0.479. The van der Waals surface area contributed by atoms with Gasteiger partial charge in [-0.3, -0.25) is 4.99 Å². The van der Waals surface area contributed by atoms with Crippen molar-refractivity contribution in [1.29, 1.82) is 0 Å².